The molecule has 0 aliphatic carbocycles. The molecule has 7 heteroatoms. The molecule has 0 aliphatic heterocycles. The minimum absolute atomic E-state index is 0.0821. The monoisotopic (exact) mass is 308 g/mol. The molecule has 110 valence electrons. The zero-order chi connectivity index (χ0) is 15.4. The molecule has 0 spiro atoms. The standard InChI is InChI=1S/C14H13ClN2O4/c1-8-2-3-9(6-11(8)15)17-14(20)16-7-10-4-5-12(21-10)13(18)19/h2-6H,7H2,1H3,(H,18,19)(H2,16,17,20). The SMILES string of the molecule is Cc1ccc(NC(=O)NCc2ccc(C(=O)O)o2)cc1Cl. The third-order valence-electron chi connectivity index (χ3n) is 2.73. The van der Waals surface area contributed by atoms with Crippen LogP contribution in [0.3, 0.4) is 0 Å². The zero-order valence-corrected chi connectivity index (χ0v) is 11.9. The molecule has 0 bridgehead atoms. The average Bonchev–Trinajstić information content (AvgIpc) is 2.90. The van der Waals surface area contributed by atoms with E-state index in [1.165, 1.54) is 12.1 Å². The Morgan fingerprint density at radius 3 is 2.67 bits per heavy atom. The van der Waals surface area contributed by atoms with Gasteiger partial charge in [-0.1, -0.05) is 17.7 Å². The zero-order valence-electron chi connectivity index (χ0n) is 11.1. The van der Waals surface area contributed by atoms with Crippen molar-refractivity contribution in [2.24, 2.45) is 0 Å². The van der Waals surface area contributed by atoms with Gasteiger partial charge in [-0.05, 0) is 36.8 Å². The van der Waals surface area contributed by atoms with E-state index in [0.29, 0.717) is 16.5 Å². The van der Waals surface area contributed by atoms with Crippen LogP contribution in [0.25, 0.3) is 0 Å². The molecule has 1 heterocycles. The summed E-state index contributed by atoms with van der Waals surface area (Å²) in [5, 5.41) is 14.4. The lowest BCUT2D eigenvalue weighted by atomic mass is 10.2. The van der Waals surface area contributed by atoms with Gasteiger partial charge in [0.1, 0.15) is 5.76 Å². The molecule has 0 saturated carbocycles. The van der Waals surface area contributed by atoms with Crippen LogP contribution in [0.15, 0.2) is 34.7 Å². The van der Waals surface area contributed by atoms with Crippen molar-refractivity contribution >= 4 is 29.3 Å². The number of amides is 2. The normalized spacial score (nSPS) is 10.2. The van der Waals surface area contributed by atoms with Gasteiger partial charge in [0.25, 0.3) is 0 Å². The average molecular weight is 309 g/mol. The second kappa shape index (κ2) is 6.32. The molecule has 1 aromatic carbocycles. The van der Waals surface area contributed by atoms with Gasteiger partial charge < -0.3 is 20.2 Å². The van der Waals surface area contributed by atoms with Crippen LogP contribution < -0.4 is 10.6 Å². The van der Waals surface area contributed by atoms with E-state index >= 15 is 0 Å². The highest BCUT2D eigenvalue weighted by molar-refractivity contribution is 6.31. The summed E-state index contributed by atoms with van der Waals surface area (Å²) in [5.41, 5.74) is 1.48. The Hall–Kier alpha value is -2.47. The highest BCUT2D eigenvalue weighted by Gasteiger charge is 2.10. The maximum absolute atomic E-state index is 11.7. The number of urea groups is 1. The molecule has 0 saturated heterocycles. The summed E-state index contributed by atoms with van der Waals surface area (Å²) < 4.78 is 5.02. The molecule has 3 N–H and O–H groups in total. The first-order valence-corrected chi connectivity index (χ1v) is 6.46. The highest BCUT2D eigenvalue weighted by atomic mass is 35.5. The molecular formula is C14H13ClN2O4. The summed E-state index contributed by atoms with van der Waals surface area (Å²) in [6.07, 6.45) is 0. The summed E-state index contributed by atoms with van der Waals surface area (Å²) in [7, 11) is 0. The molecular weight excluding hydrogens is 296 g/mol. The number of carboxylic acid groups (broad SMARTS) is 1. The molecule has 2 aromatic rings. The number of carbonyl (C=O) groups excluding carboxylic acids is 1. The number of benzene rings is 1. The molecule has 0 unspecified atom stereocenters. The summed E-state index contributed by atoms with van der Waals surface area (Å²) in [6.45, 7) is 1.95. The number of aromatic carboxylic acids is 1. The first-order valence-electron chi connectivity index (χ1n) is 6.08. The third kappa shape index (κ3) is 4.00. The van der Waals surface area contributed by atoms with Gasteiger partial charge in [0.2, 0.25) is 5.76 Å². The lowest BCUT2D eigenvalue weighted by molar-refractivity contribution is 0.0660. The molecule has 21 heavy (non-hydrogen) atoms. The Morgan fingerprint density at radius 2 is 2.05 bits per heavy atom. The van der Waals surface area contributed by atoms with Gasteiger partial charge in [0, 0.05) is 10.7 Å². The van der Waals surface area contributed by atoms with Gasteiger partial charge in [-0.3, -0.25) is 0 Å². The molecule has 2 amide bonds. The van der Waals surface area contributed by atoms with Gasteiger partial charge in [-0.15, -0.1) is 0 Å². The minimum atomic E-state index is -1.15. The maximum Gasteiger partial charge on any atom is 0.371 e. The Balaban J connectivity index is 1.89. The van der Waals surface area contributed by atoms with E-state index in [1.54, 1.807) is 18.2 Å². The van der Waals surface area contributed by atoms with Crippen LogP contribution in [0, 0.1) is 6.92 Å². The van der Waals surface area contributed by atoms with Crippen LogP contribution in [-0.2, 0) is 6.54 Å². The van der Waals surface area contributed by atoms with Crippen molar-refractivity contribution in [3.05, 3.63) is 52.4 Å². The highest BCUT2D eigenvalue weighted by Crippen LogP contribution is 2.19. The van der Waals surface area contributed by atoms with Gasteiger partial charge in [0.05, 0.1) is 6.54 Å². The quantitative estimate of drug-likeness (QED) is 0.808. The number of carboxylic acids is 1. The van der Waals surface area contributed by atoms with Gasteiger partial charge in [-0.25, -0.2) is 9.59 Å². The molecule has 2 rings (SSSR count). The topological polar surface area (TPSA) is 91.6 Å². The van der Waals surface area contributed by atoms with Gasteiger partial charge in [0.15, 0.2) is 0 Å². The Morgan fingerprint density at radius 1 is 1.29 bits per heavy atom. The summed E-state index contributed by atoms with van der Waals surface area (Å²) in [5.74, 6) is -0.970. The van der Waals surface area contributed by atoms with Crippen LogP contribution in [0.2, 0.25) is 5.02 Å². The van der Waals surface area contributed by atoms with E-state index in [2.05, 4.69) is 10.6 Å². The predicted octanol–water partition coefficient (Wildman–Crippen LogP) is 3.26. The van der Waals surface area contributed by atoms with Crippen molar-refractivity contribution in [2.75, 3.05) is 5.32 Å². The number of halogens is 1. The number of hydrogen-bond acceptors (Lipinski definition) is 3. The Bertz CT molecular complexity index is 681. The van der Waals surface area contributed by atoms with Gasteiger partial charge in [-0.2, -0.15) is 0 Å². The summed E-state index contributed by atoms with van der Waals surface area (Å²) >= 11 is 5.96. The molecule has 0 fully saturated rings. The van der Waals surface area contributed by atoms with E-state index < -0.39 is 12.0 Å². The number of nitrogens with one attached hydrogen (secondary N) is 2. The van der Waals surface area contributed by atoms with Crippen molar-refractivity contribution in [1.29, 1.82) is 0 Å². The Labute approximate surface area is 125 Å². The van der Waals surface area contributed by atoms with Crippen molar-refractivity contribution in [3.63, 3.8) is 0 Å². The summed E-state index contributed by atoms with van der Waals surface area (Å²) in [4.78, 5) is 22.3. The molecule has 1 aromatic heterocycles. The van der Waals surface area contributed by atoms with Crippen LogP contribution in [0.1, 0.15) is 21.9 Å². The van der Waals surface area contributed by atoms with Crippen LogP contribution in [0.5, 0.6) is 0 Å². The van der Waals surface area contributed by atoms with Crippen molar-refractivity contribution in [3.8, 4) is 0 Å². The number of carbonyl (C=O) groups is 2. The number of hydrogen-bond donors (Lipinski definition) is 3. The maximum atomic E-state index is 11.7. The second-order valence-electron chi connectivity index (χ2n) is 4.34. The molecule has 0 atom stereocenters. The largest absolute Gasteiger partial charge is 0.475 e. The predicted molar refractivity (Wildman–Crippen MR) is 77.7 cm³/mol. The fourth-order valence-electron chi connectivity index (χ4n) is 1.60. The lowest BCUT2D eigenvalue weighted by Gasteiger charge is -2.07. The first-order chi connectivity index (χ1) is 9.95. The summed E-state index contributed by atoms with van der Waals surface area (Å²) in [6, 6.07) is 7.55. The first kappa shape index (κ1) is 14.9. The molecule has 6 nitrogen and oxygen atoms in total. The van der Waals surface area contributed by atoms with Crippen LogP contribution in [-0.4, -0.2) is 17.1 Å². The van der Waals surface area contributed by atoms with Crippen LogP contribution in [0.4, 0.5) is 10.5 Å². The van der Waals surface area contributed by atoms with E-state index in [1.807, 2.05) is 6.92 Å². The molecule has 0 radical (unpaired) electrons. The van der Waals surface area contributed by atoms with E-state index in [0.717, 1.165) is 5.56 Å². The number of furan rings is 1. The van der Waals surface area contributed by atoms with E-state index in [-0.39, 0.29) is 12.3 Å². The van der Waals surface area contributed by atoms with Crippen LogP contribution >= 0.6 is 11.6 Å². The second-order valence-corrected chi connectivity index (χ2v) is 4.75. The van der Waals surface area contributed by atoms with Crippen molar-refractivity contribution < 1.29 is 19.1 Å². The number of anilines is 1. The fourth-order valence-corrected chi connectivity index (χ4v) is 1.78. The third-order valence-corrected chi connectivity index (χ3v) is 3.13. The number of aryl methyl sites for hydroxylation is 1. The smallest absolute Gasteiger partial charge is 0.371 e. The van der Waals surface area contributed by atoms with Crippen molar-refractivity contribution in [1.82, 2.24) is 5.32 Å². The minimum Gasteiger partial charge on any atom is -0.475 e. The molecule has 0 aliphatic rings. The Kier molecular flexibility index (Phi) is 4.49. The lowest BCUT2D eigenvalue weighted by Crippen LogP contribution is -2.28. The van der Waals surface area contributed by atoms with Crippen molar-refractivity contribution in [2.45, 2.75) is 13.5 Å². The van der Waals surface area contributed by atoms with Gasteiger partial charge >= 0.3 is 12.0 Å². The van der Waals surface area contributed by atoms with E-state index in [9.17, 15) is 9.59 Å². The number of rotatable bonds is 4. The fraction of sp³-hybridized carbons (Fsp3) is 0.143. The van der Waals surface area contributed by atoms with E-state index in [4.69, 9.17) is 21.1 Å².